The fourth-order valence-electron chi connectivity index (χ4n) is 1.80. The van der Waals surface area contributed by atoms with Gasteiger partial charge in [-0.25, -0.2) is 0 Å². The number of hydrogen-bond acceptors (Lipinski definition) is 4. The molecule has 1 N–H and O–H groups in total. The van der Waals surface area contributed by atoms with E-state index in [1.54, 1.807) is 0 Å². The van der Waals surface area contributed by atoms with Gasteiger partial charge in [0.1, 0.15) is 12.4 Å². The van der Waals surface area contributed by atoms with E-state index in [0.717, 1.165) is 11.3 Å². The summed E-state index contributed by atoms with van der Waals surface area (Å²) in [5.74, 6) is 0.616. The Morgan fingerprint density at radius 3 is 2.61 bits per heavy atom. The molecule has 0 atom stereocenters. The number of anilines is 1. The lowest BCUT2D eigenvalue weighted by molar-refractivity contribution is 1.03. The molecule has 1 aromatic heterocycles. The van der Waals surface area contributed by atoms with Crippen molar-refractivity contribution in [2.24, 2.45) is 0 Å². The average Bonchev–Trinajstić information content (AvgIpc) is 2.37. The van der Waals surface area contributed by atoms with E-state index in [0.29, 0.717) is 5.82 Å². The van der Waals surface area contributed by atoms with Crippen molar-refractivity contribution in [2.75, 3.05) is 11.9 Å². The van der Waals surface area contributed by atoms with Crippen LogP contribution in [-0.4, -0.2) is 16.7 Å². The van der Waals surface area contributed by atoms with Gasteiger partial charge in [-0.05, 0) is 31.5 Å². The number of nitriles is 1. The molecule has 1 aromatic carbocycles. The van der Waals surface area contributed by atoms with E-state index in [9.17, 15) is 0 Å². The zero-order valence-corrected chi connectivity index (χ0v) is 10.4. The maximum atomic E-state index is 8.46. The summed E-state index contributed by atoms with van der Waals surface area (Å²) in [7, 11) is 0. The molecule has 90 valence electrons. The van der Waals surface area contributed by atoms with Crippen molar-refractivity contribution in [1.29, 1.82) is 5.26 Å². The molecule has 4 heteroatoms. The molecular formula is C14H14N4. The summed E-state index contributed by atoms with van der Waals surface area (Å²) >= 11 is 0. The maximum absolute atomic E-state index is 8.46. The fraction of sp³-hybridized carbons (Fsp3) is 0.214. The number of hydrogen-bond donors (Lipinski definition) is 1. The van der Waals surface area contributed by atoms with Crippen molar-refractivity contribution in [3.05, 3.63) is 41.5 Å². The Kier molecular flexibility index (Phi) is 3.54. The van der Waals surface area contributed by atoms with Crippen LogP contribution in [0.25, 0.3) is 11.3 Å². The van der Waals surface area contributed by atoms with E-state index in [2.05, 4.69) is 47.6 Å². The second-order valence-corrected chi connectivity index (χ2v) is 4.13. The number of aromatic nitrogens is 2. The number of nitrogens with one attached hydrogen (secondary N) is 1. The second kappa shape index (κ2) is 5.28. The quantitative estimate of drug-likeness (QED) is 0.835. The molecule has 0 spiro atoms. The minimum Gasteiger partial charge on any atom is -0.356 e. The first kappa shape index (κ1) is 12.1. The van der Waals surface area contributed by atoms with Crippen LogP contribution >= 0.6 is 0 Å². The van der Waals surface area contributed by atoms with Crippen LogP contribution in [0.4, 0.5) is 5.82 Å². The molecule has 0 amide bonds. The lowest BCUT2D eigenvalue weighted by Crippen LogP contribution is -2.02. The summed E-state index contributed by atoms with van der Waals surface area (Å²) in [5.41, 5.74) is 4.34. The first-order valence-corrected chi connectivity index (χ1v) is 5.73. The molecular weight excluding hydrogens is 224 g/mol. The smallest absolute Gasteiger partial charge is 0.149 e. The molecule has 0 unspecified atom stereocenters. The van der Waals surface area contributed by atoms with Gasteiger partial charge in [0.25, 0.3) is 0 Å². The van der Waals surface area contributed by atoms with Crippen LogP contribution in [0, 0.1) is 25.2 Å². The zero-order valence-electron chi connectivity index (χ0n) is 10.4. The van der Waals surface area contributed by atoms with Crippen LogP contribution < -0.4 is 5.32 Å². The van der Waals surface area contributed by atoms with E-state index >= 15 is 0 Å². The summed E-state index contributed by atoms with van der Waals surface area (Å²) in [4.78, 5) is 0. The number of aryl methyl sites for hydroxylation is 2. The van der Waals surface area contributed by atoms with Crippen LogP contribution in [0.3, 0.4) is 0 Å². The number of benzene rings is 1. The zero-order chi connectivity index (χ0) is 13.0. The van der Waals surface area contributed by atoms with E-state index < -0.39 is 0 Å². The molecule has 0 aliphatic rings. The maximum Gasteiger partial charge on any atom is 0.149 e. The van der Waals surface area contributed by atoms with Gasteiger partial charge in [0.15, 0.2) is 0 Å². The fourth-order valence-corrected chi connectivity index (χ4v) is 1.80. The number of rotatable bonds is 3. The minimum absolute atomic E-state index is 0.234. The first-order chi connectivity index (χ1) is 8.70. The van der Waals surface area contributed by atoms with Crippen LogP contribution in [-0.2, 0) is 0 Å². The van der Waals surface area contributed by atoms with E-state index in [1.165, 1.54) is 11.1 Å². The second-order valence-electron chi connectivity index (χ2n) is 4.13. The lowest BCUT2D eigenvalue weighted by Gasteiger charge is -2.06. The Morgan fingerprint density at radius 1 is 1.17 bits per heavy atom. The molecule has 1 heterocycles. The van der Waals surface area contributed by atoms with Crippen molar-refractivity contribution in [2.45, 2.75) is 13.8 Å². The Bertz CT molecular complexity index is 582. The summed E-state index contributed by atoms with van der Waals surface area (Å²) < 4.78 is 0. The van der Waals surface area contributed by atoms with Gasteiger partial charge in [-0.3, -0.25) is 0 Å². The first-order valence-electron chi connectivity index (χ1n) is 5.73. The van der Waals surface area contributed by atoms with Gasteiger partial charge < -0.3 is 5.32 Å². The van der Waals surface area contributed by atoms with E-state index in [1.807, 2.05) is 18.2 Å². The van der Waals surface area contributed by atoms with Gasteiger partial charge in [-0.2, -0.15) is 5.26 Å². The third kappa shape index (κ3) is 2.64. The van der Waals surface area contributed by atoms with Gasteiger partial charge in [-0.15, -0.1) is 10.2 Å². The van der Waals surface area contributed by atoms with Gasteiger partial charge in [0.2, 0.25) is 0 Å². The predicted molar refractivity (Wildman–Crippen MR) is 71.0 cm³/mol. The van der Waals surface area contributed by atoms with Gasteiger partial charge >= 0.3 is 0 Å². The molecule has 0 aliphatic heterocycles. The summed E-state index contributed by atoms with van der Waals surface area (Å²) in [5, 5.41) is 19.5. The average molecular weight is 238 g/mol. The number of nitrogens with zero attached hydrogens (tertiary/aromatic N) is 3. The van der Waals surface area contributed by atoms with Crippen molar-refractivity contribution < 1.29 is 0 Å². The van der Waals surface area contributed by atoms with Crippen molar-refractivity contribution in [1.82, 2.24) is 10.2 Å². The molecule has 2 rings (SSSR count). The summed E-state index contributed by atoms with van der Waals surface area (Å²) in [6.07, 6.45) is 0. The molecule has 2 aromatic rings. The van der Waals surface area contributed by atoms with Crippen LogP contribution in [0.1, 0.15) is 11.1 Å². The highest BCUT2D eigenvalue weighted by Gasteiger charge is 2.04. The van der Waals surface area contributed by atoms with Crippen molar-refractivity contribution in [3.8, 4) is 17.3 Å². The monoisotopic (exact) mass is 238 g/mol. The van der Waals surface area contributed by atoms with Gasteiger partial charge in [-0.1, -0.05) is 23.8 Å². The van der Waals surface area contributed by atoms with Crippen LogP contribution in [0.5, 0.6) is 0 Å². The SMILES string of the molecule is Cc1ccc(-c2ccc(NCC#N)nn2)c(C)c1. The van der Waals surface area contributed by atoms with Crippen LogP contribution in [0.2, 0.25) is 0 Å². The molecule has 0 saturated carbocycles. The largest absolute Gasteiger partial charge is 0.356 e. The molecule has 0 saturated heterocycles. The van der Waals surface area contributed by atoms with Crippen molar-refractivity contribution in [3.63, 3.8) is 0 Å². The molecule has 0 aliphatic carbocycles. The molecule has 0 bridgehead atoms. The highest BCUT2D eigenvalue weighted by molar-refractivity contribution is 5.64. The van der Waals surface area contributed by atoms with Gasteiger partial charge in [0.05, 0.1) is 11.8 Å². The molecule has 4 nitrogen and oxygen atoms in total. The molecule has 0 radical (unpaired) electrons. The highest BCUT2D eigenvalue weighted by atomic mass is 15.2. The minimum atomic E-state index is 0.234. The topological polar surface area (TPSA) is 61.6 Å². The Balaban J connectivity index is 2.26. The normalized spacial score (nSPS) is 9.83. The Labute approximate surface area is 106 Å². The third-order valence-electron chi connectivity index (χ3n) is 2.67. The molecule has 0 fully saturated rings. The van der Waals surface area contributed by atoms with E-state index in [-0.39, 0.29) is 6.54 Å². The predicted octanol–water partition coefficient (Wildman–Crippen LogP) is 2.70. The van der Waals surface area contributed by atoms with Crippen LogP contribution in [0.15, 0.2) is 30.3 Å². The Morgan fingerprint density at radius 2 is 2.00 bits per heavy atom. The lowest BCUT2D eigenvalue weighted by atomic mass is 10.0. The van der Waals surface area contributed by atoms with Gasteiger partial charge in [0, 0.05) is 5.56 Å². The summed E-state index contributed by atoms with van der Waals surface area (Å²) in [6.45, 7) is 4.36. The highest BCUT2D eigenvalue weighted by Crippen LogP contribution is 2.22. The van der Waals surface area contributed by atoms with Crippen molar-refractivity contribution >= 4 is 5.82 Å². The Hall–Kier alpha value is -2.41. The third-order valence-corrected chi connectivity index (χ3v) is 2.67. The standard InChI is InChI=1S/C14H14N4/c1-10-3-4-12(11(2)9-10)13-5-6-14(18-17-13)16-8-7-15/h3-6,9H,8H2,1-2H3,(H,16,18). The summed E-state index contributed by atoms with van der Waals surface area (Å²) in [6, 6.07) is 12.0. The van der Waals surface area contributed by atoms with E-state index in [4.69, 9.17) is 5.26 Å². The molecule has 18 heavy (non-hydrogen) atoms.